The first-order valence-corrected chi connectivity index (χ1v) is 5.89. The predicted octanol–water partition coefficient (Wildman–Crippen LogP) is 1.10. The molecule has 0 spiro atoms. The highest BCUT2D eigenvalue weighted by Gasteiger charge is 2.36. The van der Waals surface area contributed by atoms with Crippen LogP contribution in [-0.2, 0) is 0 Å². The molecular formula is C12H16N2O2. The van der Waals surface area contributed by atoms with Crippen molar-refractivity contribution in [3.05, 3.63) is 24.2 Å². The first-order valence-electron chi connectivity index (χ1n) is 5.89. The van der Waals surface area contributed by atoms with Crippen molar-refractivity contribution >= 4 is 5.91 Å². The highest BCUT2D eigenvalue weighted by molar-refractivity contribution is 5.94. The molecule has 0 saturated carbocycles. The molecule has 0 aromatic carbocycles. The topological polar surface area (TPSA) is 45.5 Å². The highest BCUT2D eigenvalue weighted by atomic mass is 16.3. The van der Waals surface area contributed by atoms with Crippen LogP contribution in [0, 0.1) is 5.92 Å². The second-order valence-corrected chi connectivity index (χ2v) is 4.69. The Morgan fingerprint density at radius 1 is 1.50 bits per heavy atom. The molecule has 16 heavy (non-hydrogen) atoms. The summed E-state index contributed by atoms with van der Waals surface area (Å²) in [6.45, 7) is 2.82. The molecule has 4 heteroatoms. The van der Waals surface area contributed by atoms with E-state index in [9.17, 15) is 4.79 Å². The van der Waals surface area contributed by atoms with Crippen LogP contribution in [0.5, 0.6) is 0 Å². The van der Waals surface area contributed by atoms with Gasteiger partial charge < -0.3 is 14.6 Å². The van der Waals surface area contributed by atoms with E-state index in [1.165, 1.54) is 19.1 Å². The molecule has 0 aliphatic carbocycles. The van der Waals surface area contributed by atoms with E-state index < -0.39 is 0 Å². The van der Waals surface area contributed by atoms with Crippen LogP contribution in [0.15, 0.2) is 23.0 Å². The van der Waals surface area contributed by atoms with Gasteiger partial charge in [0.15, 0.2) is 0 Å². The van der Waals surface area contributed by atoms with Crippen molar-refractivity contribution in [1.29, 1.82) is 0 Å². The molecule has 2 aliphatic heterocycles. The van der Waals surface area contributed by atoms with Crippen LogP contribution in [-0.4, -0.2) is 36.5 Å². The highest BCUT2D eigenvalue weighted by Crippen LogP contribution is 2.25. The Labute approximate surface area is 94.6 Å². The van der Waals surface area contributed by atoms with Crippen LogP contribution in [0.25, 0.3) is 0 Å². The van der Waals surface area contributed by atoms with Crippen molar-refractivity contribution < 1.29 is 9.21 Å². The molecule has 1 aromatic rings. The van der Waals surface area contributed by atoms with Gasteiger partial charge in [-0.1, -0.05) is 0 Å². The van der Waals surface area contributed by atoms with Gasteiger partial charge in [-0.2, -0.15) is 0 Å². The molecule has 2 aliphatic rings. The number of rotatable bonds is 1. The molecule has 0 bridgehead atoms. The molecule has 86 valence electrons. The third kappa shape index (κ3) is 1.63. The van der Waals surface area contributed by atoms with Crippen LogP contribution in [0.2, 0.25) is 0 Å². The fraction of sp³-hybridized carbons (Fsp3) is 0.583. The van der Waals surface area contributed by atoms with Gasteiger partial charge in [0, 0.05) is 19.1 Å². The van der Waals surface area contributed by atoms with Crippen LogP contribution in [0.3, 0.4) is 0 Å². The van der Waals surface area contributed by atoms with E-state index in [4.69, 9.17) is 4.42 Å². The normalized spacial score (nSPS) is 29.1. The molecule has 2 fully saturated rings. The van der Waals surface area contributed by atoms with Crippen molar-refractivity contribution in [1.82, 2.24) is 10.2 Å². The van der Waals surface area contributed by atoms with Gasteiger partial charge in [-0.25, -0.2) is 0 Å². The van der Waals surface area contributed by atoms with Gasteiger partial charge in [0.2, 0.25) is 0 Å². The van der Waals surface area contributed by atoms with Gasteiger partial charge in [-0.05, 0) is 31.4 Å². The molecule has 1 N–H and O–H groups in total. The van der Waals surface area contributed by atoms with Crippen molar-refractivity contribution in [2.45, 2.75) is 18.9 Å². The zero-order chi connectivity index (χ0) is 11.0. The quantitative estimate of drug-likeness (QED) is 0.771. The van der Waals surface area contributed by atoms with Gasteiger partial charge in [0.05, 0.1) is 11.8 Å². The van der Waals surface area contributed by atoms with E-state index in [1.54, 1.807) is 12.3 Å². The second-order valence-electron chi connectivity index (χ2n) is 4.69. The summed E-state index contributed by atoms with van der Waals surface area (Å²) >= 11 is 0. The first kappa shape index (κ1) is 9.90. The number of piperidine rings is 1. The fourth-order valence-electron chi connectivity index (χ4n) is 2.78. The summed E-state index contributed by atoms with van der Waals surface area (Å²) in [5.74, 6) is 0.745. The number of amides is 1. The Balaban J connectivity index is 1.71. The van der Waals surface area contributed by atoms with Crippen molar-refractivity contribution in [3.63, 3.8) is 0 Å². The molecule has 0 radical (unpaired) electrons. The smallest absolute Gasteiger partial charge is 0.257 e. The third-order valence-corrected chi connectivity index (χ3v) is 3.65. The van der Waals surface area contributed by atoms with Crippen LogP contribution >= 0.6 is 0 Å². The molecular weight excluding hydrogens is 204 g/mol. The average Bonchev–Trinajstić information content (AvgIpc) is 2.97. The van der Waals surface area contributed by atoms with Gasteiger partial charge in [-0.15, -0.1) is 0 Å². The summed E-state index contributed by atoms with van der Waals surface area (Å²) < 4.78 is 4.95. The fourth-order valence-corrected chi connectivity index (χ4v) is 2.78. The van der Waals surface area contributed by atoms with Crippen LogP contribution in [0.4, 0.5) is 0 Å². The first-order chi connectivity index (χ1) is 7.84. The Hall–Kier alpha value is -1.29. The summed E-state index contributed by atoms with van der Waals surface area (Å²) in [5, 5.41) is 3.49. The standard InChI is InChI=1S/C12H16N2O2/c15-12(10-3-5-16-8-10)14-6-9-2-1-4-13-11(9)7-14/h3,5,8-9,11,13H,1-2,4,6-7H2. The van der Waals surface area contributed by atoms with Crippen molar-refractivity contribution in [3.8, 4) is 0 Å². The molecule has 1 aromatic heterocycles. The van der Waals surface area contributed by atoms with Crippen LogP contribution < -0.4 is 5.32 Å². The molecule has 2 saturated heterocycles. The van der Waals surface area contributed by atoms with Gasteiger partial charge in [0.25, 0.3) is 5.91 Å². The minimum atomic E-state index is 0.102. The maximum absolute atomic E-state index is 12.1. The maximum atomic E-state index is 12.1. The van der Waals surface area contributed by atoms with Gasteiger partial charge in [0.1, 0.15) is 6.26 Å². The SMILES string of the molecule is O=C(c1ccoc1)N1CC2CCCNC2C1. The molecule has 4 nitrogen and oxygen atoms in total. The Kier molecular flexibility index (Phi) is 2.44. The lowest BCUT2D eigenvalue weighted by Crippen LogP contribution is -2.41. The monoisotopic (exact) mass is 220 g/mol. The molecule has 1 amide bonds. The number of nitrogens with one attached hydrogen (secondary N) is 1. The van der Waals surface area contributed by atoms with Gasteiger partial charge >= 0.3 is 0 Å². The number of fused-ring (bicyclic) bond motifs is 1. The van der Waals surface area contributed by atoms with Crippen molar-refractivity contribution in [2.24, 2.45) is 5.92 Å². The van der Waals surface area contributed by atoms with Crippen molar-refractivity contribution in [2.75, 3.05) is 19.6 Å². The lowest BCUT2D eigenvalue weighted by atomic mass is 9.94. The lowest BCUT2D eigenvalue weighted by molar-refractivity contribution is 0.0785. The largest absolute Gasteiger partial charge is 0.472 e. The number of carbonyl (C=O) groups excluding carboxylic acids is 1. The van der Waals surface area contributed by atoms with E-state index in [2.05, 4.69) is 5.32 Å². The number of hydrogen-bond acceptors (Lipinski definition) is 3. The Bertz CT molecular complexity index is 360. The molecule has 2 atom stereocenters. The predicted molar refractivity (Wildman–Crippen MR) is 59.1 cm³/mol. The summed E-state index contributed by atoms with van der Waals surface area (Å²) in [5.41, 5.74) is 0.665. The lowest BCUT2D eigenvalue weighted by Gasteiger charge is -2.24. The van der Waals surface area contributed by atoms with E-state index >= 15 is 0 Å². The number of carbonyl (C=O) groups is 1. The third-order valence-electron chi connectivity index (χ3n) is 3.65. The Morgan fingerprint density at radius 2 is 2.44 bits per heavy atom. The zero-order valence-corrected chi connectivity index (χ0v) is 9.19. The molecule has 3 heterocycles. The summed E-state index contributed by atoms with van der Waals surface area (Å²) in [6.07, 6.45) is 5.55. The Morgan fingerprint density at radius 3 is 3.19 bits per heavy atom. The van der Waals surface area contributed by atoms with Crippen LogP contribution in [0.1, 0.15) is 23.2 Å². The minimum absolute atomic E-state index is 0.102. The van der Waals surface area contributed by atoms with E-state index in [0.29, 0.717) is 17.5 Å². The zero-order valence-electron chi connectivity index (χ0n) is 9.19. The average molecular weight is 220 g/mol. The summed E-state index contributed by atoms with van der Waals surface area (Å²) in [4.78, 5) is 14.0. The van der Waals surface area contributed by atoms with E-state index in [1.807, 2.05) is 4.90 Å². The molecule has 2 unspecified atom stereocenters. The molecule has 3 rings (SSSR count). The van der Waals surface area contributed by atoms with E-state index in [-0.39, 0.29) is 5.91 Å². The number of furan rings is 1. The second kappa shape index (κ2) is 3.94. The number of hydrogen-bond donors (Lipinski definition) is 1. The summed E-state index contributed by atoms with van der Waals surface area (Å²) in [7, 11) is 0. The van der Waals surface area contributed by atoms with E-state index in [0.717, 1.165) is 19.6 Å². The minimum Gasteiger partial charge on any atom is -0.472 e. The number of likely N-dealkylation sites (tertiary alicyclic amines) is 1. The van der Waals surface area contributed by atoms with Gasteiger partial charge in [-0.3, -0.25) is 4.79 Å². The number of nitrogens with zero attached hydrogens (tertiary/aromatic N) is 1. The maximum Gasteiger partial charge on any atom is 0.257 e. The summed E-state index contributed by atoms with van der Waals surface area (Å²) in [6, 6.07) is 2.24.